The molecule has 0 amide bonds. The van der Waals surface area contributed by atoms with Gasteiger partial charge in [-0.3, -0.25) is 0 Å². The molecule has 2 aromatic rings. The van der Waals surface area contributed by atoms with Gasteiger partial charge in [-0.25, -0.2) is 35.8 Å². The fourth-order valence-corrected chi connectivity index (χ4v) is 6.48. The molecule has 2 aliphatic rings. The summed E-state index contributed by atoms with van der Waals surface area (Å²) in [5.41, 5.74) is -2.52. The molecule has 41 heavy (non-hydrogen) atoms. The summed E-state index contributed by atoms with van der Waals surface area (Å²) in [6.07, 6.45) is -6.60. The Balaban J connectivity index is 1.83. The number of benzene rings is 1. The Morgan fingerprint density at radius 3 is 2.41 bits per heavy atom. The van der Waals surface area contributed by atoms with E-state index >= 15 is 0 Å². The van der Waals surface area contributed by atoms with Crippen molar-refractivity contribution in [1.82, 2.24) is 9.29 Å². The first-order valence-corrected chi connectivity index (χ1v) is 13.8. The fourth-order valence-electron chi connectivity index (χ4n) is 4.91. The molecule has 16 heteroatoms. The predicted octanol–water partition coefficient (Wildman–Crippen LogP) is 5.42. The second-order valence-corrected chi connectivity index (χ2v) is 12.2. The molecule has 2 heterocycles. The molecule has 0 bridgehead atoms. The molecule has 1 fully saturated rings. The van der Waals surface area contributed by atoms with Crippen molar-refractivity contribution in [3.05, 3.63) is 47.3 Å². The number of anilines is 1. The molecule has 0 saturated heterocycles. The minimum Gasteiger partial charge on any atom is -0.488 e. The van der Waals surface area contributed by atoms with E-state index in [1.54, 1.807) is 0 Å². The molecule has 1 atom stereocenters. The molecule has 0 spiro atoms. The number of hydrogen-bond donors (Lipinski definition) is 1. The van der Waals surface area contributed by atoms with E-state index in [-0.39, 0.29) is 12.0 Å². The Morgan fingerprint density at radius 1 is 1.20 bits per heavy atom. The highest BCUT2D eigenvalue weighted by Gasteiger charge is 2.51. The Kier molecular flexibility index (Phi) is 7.97. The molecule has 1 aliphatic heterocycles. The van der Waals surface area contributed by atoms with Crippen LogP contribution in [0.3, 0.4) is 0 Å². The van der Waals surface area contributed by atoms with Crippen LogP contribution in [0.15, 0.2) is 35.4 Å². The number of hydrogen-bond acceptors (Lipinski definition) is 6. The molecule has 1 aliphatic carbocycles. The van der Waals surface area contributed by atoms with E-state index < -0.39 is 106 Å². The number of sulfonamides is 1. The maximum atomic E-state index is 14.2. The Bertz CT molecular complexity index is 1420. The molecule has 1 N–H and O–H groups in total. The van der Waals surface area contributed by atoms with Gasteiger partial charge in [0.2, 0.25) is 15.9 Å². The van der Waals surface area contributed by atoms with Gasteiger partial charge in [0.1, 0.15) is 17.3 Å². The molecule has 1 saturated carbocycles. The Morgan fingerprint density at radius 2 is 1.85 bits per heavy atom. The van der Waals surface area contributed by atoms with Crippen molar-refractivity contribution in [2.75, 3.05) is 18.5 Å². The van der Waals surface area contributed by atoms with Crippen LogP contribution in [0.25, 0.3) is 0 Å². The van der Waals surface area contributed by atoms with Crippen molar-refractivity contribution < 1.29 is 53.8 Å². The van der Waals surface area contributed by atoms with Crippen molar-refractivity contribution in [3.8, 4) is 5.75 Å². The number of fused-ring (bicyclic) bond motifs is 1. The average Bonchev–Trinajstić information content (AvgIpc) is 2.91. The first kappa shape index (κ1) is 30.8. The van der Waals surface area contributed by atoms with Crippen LogP contribution in [0, 0.1) is 0 Å². The summed E-state index contributed by atoms with van der Waals surface area (Å²) in [4.78, 5) is 15.5. The van der Waals surface area contributed by atoms with Gasteiger partial charge in [0, 0.05) is 62.8 Å². The van der Waals surface area contributed by atoms with Crippen molar-refractivity contribution >= 4 is 21.7 Å². The van der Waals surface area contributed by atoms with Crippen molar-refractivity contribution in [2.24, 2.45) is 0 Å². The van der Waals surface area contributed by atoms with E-state index in [2.05, 4.69) is 4.98 Å². The molecule has 226 valence electrons. The summed E-state index contributed by atoms with van der Waals surface area (Å²) in [7, 11) is -3.55. The lowest BCUT2D eigenvalue weighted by atomic mass is 9.86. The summed E-state index contributed by atoms with van der Waals surface area (Å²) in [5, 5.41) is 9.31. The van der Waals surface area contributed by atoms with Gasteiger partial charge in [-0.05, 0) is 25.5 Å². The van der Waals surface area contributed by atoms with Crippen LogP contribution in [0.1, 0.15) is 54.2 Å². The number of likely N-dealkylation sites (N-methyl/N-ethyl adjacent to an activating group) is 1. The van der Waals surface area contributed by atoms with Gasteiger partial charge >= 0.3 is 12.1 Å². The predicted molar refractivity (Wildman–Crippen MR) is 131 cm³/mol. The zero-order valence-corrected chi connectivity index (χ0v) is 22.6. The van der Waals surface area contributed by atoms with Crippen LogP contribution in [0.5, 0.6) is 5.75 Å². The Hall–Kier alpha value is -3.14. The highest BCUT2D eigenvalue weighted by atomic mass is 32.2. The van der Waals surface area contributed by atoms with Crippen molar-refractivity contribution in [2.45, 2.75) is 74.2 Å². The first-order chi connectivity index (χ1) is 18.8. The number of pyridine rings is 1. The number of alkyl halides is 7. The number of carboxylic acids is 1. The third-order valence-electron chi connectivity index (χ3n) is 7.16. The third-order valence-corrected chi connectivity index (χ3v) is 9.10. The molecule has 4 rings (SSSR count). The van der Waals surface area contributed by atoms with E-state index in [4.69, 9.17) is 4.74 Å². The van der Waals surface area contributed by atoms with Gasteiger partial charge in [-0.15, -0.1) is 0 Å². The maximum absolute atomic E-state index is 14.2. The fraction of sp³-hybridized carbons (Fsp3) is 0.520. The normalized spacial score (nSPS) is 21.1. The van der Waals surface area contributed by atoms with E-state index in [0.29, 0.717) is 19.1 Å². The minimum absolute atomic E-state index is 0.0954. The second kappa shape index (κ2) is 10.6. The van der Waals surface area contributed by atoms with E-state index in [1.165, 1.54) is 12.1 Å². The van der Waals surface area contributed by atoms with Gasteiger partial charge in [0.15, 0.2) is 5.69 Å². The zero-order chi connectivity index (χ0) is 30.5. The van der Waals surface area contributed by atoms with Gasteiger partial charge in [-0.2, -0.15) is 17.5 Å². The molecule has 0 unspecified atom stereocenters. The molecule has 1 aromatic carbocycles. The smallest absolute Gasteiger partial charge is 0.420 e. The van der Waals surface area contributed by atoms with Crippen molar-refractivity contribution in [1.29, 1.82) is 0 Å². The summed E-state index contributed by atoms with van der Waals surface area (Å²) in [6, 6.07) is 1.48. The van der Waals surface area contributed by atoms with E-state index in [1.807, 2.05) is 0 Å². The molecule has 1 aromatic heterocycles. The van der Waals surface area contributed by atoms with Crippen LogP contribution >= 0.6 is 0 Å². The quantitative estimate of drug-likeness (QED) is 0.397. The standard InChI is InChI=1S/C25H26F7N3O5S/c1-23(26,27)6-5-15-12-35(16-10-24(28,29)11-16)18-8-17(25(30,31)32)19(9-20(18)41(38,39)34(15)2)40-13-14-4-3-7-33-21(14)22(36)37/h3-4,7-9,15-16H,5-6,10-13H2,1-2H3,(H,36,37)/t15-/m1/s1. The first-order valence-electron chi connectivity index (χ1n) is 12.4. The van der Waals surface area contributed by atoms with Gasteiger partial charge < -0.3 is 14.7 Å². The number of rotatable bonds is 8. The topological polar surface area (TPSA) is 100 Å². The summed E-state index contributed by atoms with van der Waals surface area (Å²) >= 11 is 0. The van der Waals surface area contributed by atoms with Crippen LogP contribution in [0.4, 0.5) is 36.4 Å². The van der Waals surface area contributed by atoms with Crippen molar-refractivity contribution in [3.63, 3.8) is 0 Å². The lowest BCUT2D eigenvalue weighted by Crippen LogP contribution is -2.54. The highest BCUT2D eigenvalue weighted by Crippen LogP contribution is 2.48. The van der Waals surface area contributed by atoms with Crippen LogP contribution in [-0.4, -0.2) is 66.3 Å². The molecule has 0 radical (unpaired) electrons. The largest absolute Gasteiger partial charge is 0.488 e. The number of halogens is 7. The van der Waals surface area contributed by atoms with Crippen LogP contribution < -0.4 is 9.64 Å². The highest BCUT2D eigenvalue weighted by molar-refractivity contribution is 7.89. The molecule has 8 nitrogen and oxygen atoms in total. The Labute approximate surface area is 230 Å². The lowest BCUT2D eigenvalue weighted by Gasteiger charge is -2.44. The van der Waals surface area contributed by atoms with E-state index in [0.717, 1.165) is 22.4 Å². The minimum atomic E-state index is -5.10. The summed E-state index contributed by atoms with van der Waals surface area (Å²) in [6.45, 7) is -0.483. The lowest BCUT2D eigenvalue weighted by molar-refractivity contribution is -0.139. The van der Waals surface area contributed by atoms with Gasteiger partial charge in [0.05, 0.1) is 11.3 Å². The number of aromatic carboxylic acids is 1. The number of ether oxygens (including phenoxy) is 1. The maximum Gasteiger partial charge on any atom is 0.420 e. The number of nitrogens with zero attached hydrogens (tertiary/aromatic N) is 3. The number of carbonyl (C=O) groups is 1. The van der Waals surface area contributed by atoms with E-state index in [9.17, 15) is 49.1 Å². The number of carboxylic acid groups (broad SMARTS) is 1. The second-order valence-electron chi connectivity index (χ2n) is 10.3. The van der Waals surface area contributed by atoms with Crippen LogP contribution in [0.2, 0.25) is 0 Å². The van der Waals surface area contributed by atoms with Gasteiger partial charge in [0.25, 0.3) is 5.92 Å². The summed E-state index contributed by atoms with van der Waals surface area (Å²) in [5.74, 6) is -8.72. The summed E-state index contributed by atoms with van der Waals surface area (Å²) < 4.78 is 131. The number of aromatic nitrogens is 1. The third kappa shape index (κ3) is 6.52. The molecular formula is C25H26F7N3O5S. The van der Waals surface area contributed by atoms with Gasteiger partial charge in [-0.1, -0.05) is 6.07 Å². The van der Waals surface area contributed by atoms with Crippen LogP contribution in [-0.2, 0) is 22.8 Å². The molecular weight excluding hydrogens is 587 g/mol. The monoisotopic (exact) mass is 613 g/mol. The zero-order valence-electron chi connectivity index (χ0n) is 21.8. The SMILES string of the molecule is CN1[C@H](CCC(C)(F)F)CN(C2CC(F)(F)C2)c2cc(C(F)(F)F)c(OCc3cccnc3C(=O)O)cc2S1(=O)=O. The average molecular weight is 614 g/mol.